The average molecular weight is 348 g/mol. The van der Waals surface area contributed by atoms with Crippen LogP contribution in [-0.4, -0.2) is 29.4 Å². The van der Waals surface area contributed by atoms with E-state index in [2.05, 4.69) is 10.3 Å². The average Bonchev–Trinajstić information content (AvgIpc) is 2.92. The number of aromatic nitrogens is 1. The normalized spacial score (nSPS) is 17.2. The van der Waals surface area contributed by atoms with Gasteiger partial charge in [0.2, 0.25) is 11.8 Å². The van der Waals surface area contributed by atoms with Crippen molar-refractivity contribution >= 4 is 29.1 Å². The molecule has 1 aromatic carbocycles. The van der Waals surface area contributed by atoms with E-state index in [-0.39, 0.29) is 23.3 Å². The number of pyridine rings is 1. The summed E-state index contributed by atoms with van der Waals surface area (Å²) in [6.45, 7) is 0.443. The van der Waals surface area contributed by atoms with Gasteiger partial charge in [-0.3, -0.25) is 14.6 Å². The summed E-state index contributed by atoms with van der Waals surface area (Å²) in [4.78, 5) is 30.0. The Morgan fingerprint density at radius 2 is 2.25 bits per heavy atom. The Morgan fingerprint density at radius 3 is 2.96 bits per heavy atom. The van der Waals surface area contributed by atoms with Gasteiger partial charge in [-0.1, -0.05) is 17.7 Å². The van der Waals surface area contributed by atoms with E-state index in [4.69, 9.17) is 11.6 Å². The predicted molar refractivity (Wildman–Crippen MR) is 88.3 cm³/mol. The molecule has 1 aliphatic heterocycles. The number of carbonyl (C=O) groups excluding carboxylic acids is 2. The minimum absolute atomic E-state index is 0.0376. The maximum Gasteiger partial charge on any atom is 0.249 e. The summed E-state index contributed by atoms with van der Waals surface area (Å²) in [6.07, 6.45) is 3.91. The van der Waals surface area contributed by atoms with Gasteiger partial charge < -0.3 is 10.2 Å². The highest BCUT2D eigenvalue weighted by Crippen LogP contribution is 2.26. The standard InChI is InChI=1S/C17H15ClFN3O2/c18-13-9-12(3-4-14(13)19)22-7-5-15(17(22)24)21-16(23)8-11-2-1-6-20-10-11/h1-4,6,9-10,15H,5,7-8H2,(H,21,23)/t15-/m0/s1. The fourth-order valence-electron chi connectivity index (χ4n) is 2.66. The number of anilines is 1. The first-order valence-corrected chi connectivity index (χ1v) is 7.87. The minimum Gasteiger partial charge on any atom is -0.344 e. The molecule has 2 amide bonds. The molecule has 0 aliphatic carbocycles. The Hall–Kier alpha value is -2.47. The van der Waals surface area contributed by atoms with Crippen LogP contribution in [0, 0.1) is 5.82 Å². The predicted octanol–water partition coefficient (Wildman–Crippen LogP) is 2.34. The summed E-state index contributed by atoms with van der Waals surface area (Å²) >= 11 is 5.76. The van der Waals surface area contributed by atoms with Crippen LogP contribution in [0.15, 0.2) is 42.7 Å². The van der Waals surface area contributed by atoms with E-state index in [0.29, 0.717) is 18.7 Å². The summed E-state index contributed by atoms with van der Waals surface area (Å²) in [6, 6.07) is 7.10. The fourth-order valence-corrected chi connectivity index (χ4v) is 2.83. The van der Waals surface area contributed by atoms with Crippen molar-refractivity contribution in [1.29, 1.82) is 0 Å². The largest absolute Gasteiger partial charge is 0.344 e. The van der Waals surface area contributed by atoms with Crippen molar-refractivity contribution in [3.05, 3.63) is 59.1 Å². The van der Waals surface area contributed by atoms with Crippen molar-refractivity contribution in [1.82, 2.24) is 10.3 Å². The number of amides is 2. The van der Waals surface area contributed by atoms with Gasteiger partial charge in [-0.15, -0.1) is 0 Å². The molecule has 1 fully saturated rings. The van der Waals surface area contributed by atoms with Crippen molar-refractivity contribution in [2.75, 3.05) is 11.4 Å². The lowest BCUT2D eigenvalue weighted by molar-refractivity contribution is -0.126. The van der Waals surface area contributed by atoms with Crippen molar-refractivity contribution in [2.45, 2.75) is 18.9 Å². The van der Waals surface area contributed by atoms with Crippen LogP contribution in [0.2, 0.25) is 5.02 Å². The molecule has 2 heterocycles. The molecular weight excluding hydrogens is 333 g/mol. The Morgan fingerprint density at radius 1 is 1.42 bits per heavy atom. The molecule has 7 heteroatoms. The first-order valence-electron chi connectivity index (χ1n) is 7.49. The molecular formula is C17H15ClFN3O2. The van der Waals surface area contributed by atoms with Gasteiger partial charge in [0.1, 0.15) is 11.9 Å². The first kappa shape index (κ1) is 16.4. The van der Waals surface area contributed by atoms with Crippen LogP contribution < -0.4 is 10.2 Å². The summed E-state index contributed by atoms with van der Waals surface area (Å²) in [5.41, 5.74) is 1.30. The van der Waals surface area contributed by atoms with E-state index in [9.17, 15) is 14.0 Å². The highest BCUT2D eigenvalue weighted by Gasteiger charge is 2.33. The van der Waals surface area contributed by atoms with Gasteiger partial charge in [0, 0.05) is 24.6 Å². The third-order valence-electron chi connectivity index (χ3n) is 3.84. The van der Waals surface area contributed by atoms with Crippen LogP contribution in [0.3, 0.4) is 0 Å². The maximum atomic E-state index is 13.2. The van der Waals surface area contributed by atoms with Crippen molar-refractivity contribution in [3.63, 3.8) is 0 Å². The van der Waals surface area contributed by atoms with E-state index in [1.165, 1.54) is 23.1 Å². The van der Waals surface area contributed by atoms with Crippen LogP contribution in [0.5, 0.6) is 0 Å². The lowest BCUT2D eigenvalue weighted by Crippen LogP contribution is -2.42. The molecule has 2 aromatic rings. The summed E-state index contributed by atoms with van der Waals surface area (Å²) in [5, 5.41) is 2.70. The molecule has 5 nitrogen and oxygen atoms in total. The van der Waals surface area contributed by atoms with Gasteiger partial charge in [-0.05, 0) is 36.2 Å². The highest BCUT2D eigenvalue weighted by molar-refractivity contribution is 6.31. The van der Waals surface area contributed by atoms with E-state index < -0.39 is 11.9 Å². The molecule has 124 valence electrons. The first-order chi connectivity index (χ1) is 11.5. The number of nitrogens with one attached hydrogen (secondary N) is 1. The summed E-state index contributed by atoms with van der Waals surface area (Å²) < 4.78 is 13.2. The number of rotatable bonds is 4. The quantitative estimate of drug-likeness (QED) is 0.923. The Labute approximate surface area is 143 Å². The second-order valence-corrected chi connectivity index (χ2v) is 5.94. The number of hydrogen-bond donors (Lipinski definition) is 1. The van der Waals surface area contributed by atoms with Crippen LogP contribution in [0.25, 0.3) is 0 Å². The van der Waals surface area contributed by atoms with Gasteiger partial charge in [-0.2, -0.15) is 0 Å². The Bertz CT molecular complexity index is 770. The van der Waals surface area contributed by atoms with E-state index >= 15 is 0 Å². The number of benzene rings is 1. The third-order valence-corrected chi connectivity index (χ3v) is 4.13. The van der Waals surface area contributed by atoms with Crippen molar-refractivity contribution in [2.24, 2.45) is 0 Å². The smallest absolute Gasteiger partial charge is 0.249 e. The lowest BCUT2D eigenvalue weighted by Gasteiger charge is -2.17. The van der Waals surface area contributed by atoms with E-state index in [0.717, 1.165) is 5.56 Å². The number of carbonyl (C=O) groups is 2. The SMILES string of the molecule is O=C(Cc1cccnc1)N[C@H]1CCN(c2ccc(F)c(Cl)c2)C1=O. The molecule has 0 spiro atoms. The molecule has 1 saturated heterocycles. The zero-order valence-corrected chi connectivity index (χ0v) is 13.5. The summed E-state index contributed by atoms with van der Waals surface area (Å²) in [5.74, 6) is -0.995. The Balaban J connectivity index is 1.63. The number of hydrogen-bond acceptors (Lipinski definition) is 3. The maximum absolute atomic E-state index is 13.2. The van der Waals surface area contributed by atoms with Crippen LogP contribution in [0.1, 0.15) is 12.0 Å². The molecule has 1 aliphatic rings. The molecule has 0 radical (unpaired) electrons. The zero-order valence-electron chi connectivity index (χ0n) is 12.7. The summed E-state index contributed by atoms with van der Waals surface area (Å²) in [7, 11) is 0. The topological polar surface area (TPSA) is 62.3 Å². The van der Waals surface area contributed by atoms with Gasteiger partial charge in [0.05, 0.1) is 11.4 Å². The molecule has 1 atom stereocenters. The van der Waals surface area contributed by atoms with Gasteiger partial charge in [-0.25, -0.2) is 4.39 Å². The van der Waals surface area contributed by atoms with Gasteiger partial charge in [0.25, 0.3) is 0 Å². The van der Waals surface area contributed by atoms with Crippen LogP contribution in [-0.2, 0) is 16.0 Å². The second-order valence-electron chi connectivity index (χ2n) is 5.54. The van der Waals surface area contributed by atoms with Crippen LogP contribution in [0.4, 0.5) is 10.1 Å². The molecule has 0 unspecified atom stereocenters. The zero-order chi connectivity index (χ0) is 17.1. The van der Waals surface area contributed by atoms with Crippen molar-refractivity contribution < 1.29 is 14.0 Å². The molecule has 1 aromatic heterocycles. The number of halogens is 2. The highest BCUT2D eigenvalue weighted by atomic mass is 35.5. The second kappa shape index (κ2) is 6.97. The molecule has 1 N–H and O–H groups in total. The minimum atomic E-state index is -0.585. The molecule has 0 saturated carbocycles. The molecule has 3 rings (SSSR count). The van der Waals surface area contributed by atoms with Gasteiger partial charge >= 0.3 is 0 Å². The van der Waals surface area contributed by atoms with E-state index in [1.807, 2.05) is 0 Å². The van der Waals surface area contributed by atoms with Crippen molar-refractivity contribution in [3.8, 4) is 0 Å². The van der Waals surface area contributed by atoms with E-state index in [1.54, 1.807) is 24.5 Å². The molecule has 24 heavy (non-hydrogen) atoms. The lowest BCUT2D eigenvalue weighted by atomic mass is 10.2. The third kappa shape index (κ3) is 3.54. The van der Waals surface area contributed by atoms with Gasteiger partial charge in [0.15, 0.2) is 0 Å². The Kier molecular flexibility index (Phi) is 4.76. The molecule has 0 bridgehead atoms. The number of nitrogens with zero attached hydrogens (tertiary/aromatic N) is 2. The monoisotopic (exact) mass is 347 g/mol. The van der Waals surface area contributed by atoms with Crippen LogP contribution >= 0.6 is 11.6 Å². The fraction of sp³-hybridized carbons (Fsp3) is 0.235.